The second-order valence-corrected chi connectivity index (χ2v) is 4.25. The summed E-state index contributed by atoms with van der Waals surface area (Å²) in [5, 5.41) is 13.0. The fourth-order valence-electron chi connectivity index (χ4n) is 1.77. The van der Waals surface area contributed by atoms with Crippen LogP contribution in [0.1, 0.15) is 17.2 Å². The van der Waals surface area contributed by atoms with Gasteiger partial charge < -0.3 is 4.57 Å². The van der Waals surface area contributed by atoms with E-state index in [1.54, 1.807) is 24.3 Å². The Labute approximate surface area is 117 Å². The number of benzene rings is 1. The highest BCUT2D eigenvalue weighted by molar-refractivity contribution is 5.87. The van der Waals surface area contributed by atoms with Gasteiger partial charge in [0.1, 0.15) is 0 Å². The molecule has 1 atom stereocenters. The van der Waals surface area contributed by atoms with Crippen molar-refractivity contribution in [1.29, 1.82) is 5.26 Å². The lowest BCUT2D eigenvalue weighted by Crippen LogP contribution is -2.24. The fraction of sp³-hybridized carbons (Fsp3) is 0.133. The SMILES string of the molecule is Cn1cccc1/C=N\NC(=O)[C@@H](C#N)c1ccccc1. The summed E-state index contributed by atoms with van der Waals surface area (Å²) in [5.41, 5.74) is 3.91. The Morgan fingerprint density at radius 1 is 1.35 bits per heavy atom. The van der Waals surface area contributed by atoms with E-state index in [-0.39, 0.29) is 0 Å². The maximum Gasteiger partial charge on any atom is 0.261 e. The van der Waals surface area contributed by atoms with Crippen molar-refractivity contribution in [1.82, 2.24) is 9.99 Å². The van der Waals surface area contributed by atoms with E-state index in [1.165, 1.54) is 6.21 Å². The summed E-state index contributed by atoms with van der Waals surface area (Å²) in [6.07, 6.45) is 3.42. The fourth-order valence-corrected chi connectivity index (χ4v) is 1.77. The summed E-state index contributed by atoms with van der Waals surface area (Å²) in [4.78, 5) is 11.9. The van der Waals surface area contributed by atoms with Gasteiger partial charge in [0.25, 0.3) is 5.91 Å². The van der Waals surface area contributed by atoms with E-state index in [4.69, 9.17) is 5.26 Å². The van der Waals surface area contributed by atoms with E-state index < -0.39 is 11.8 Å². The minimum absolute atomic E-state index is 0.441. The third-order valence-electron chi connectivity index (χ3n) is 2.88. The molecule has 0 radical (unpaired) electrons. The van der Waals surface area contributed by atoms with Crippen LogP contribution in [0.2, 0.25) is 0 Å². The Balaban J connectivity index is 2.03. The van der Waals surface area contributed by atoms with Gasteiger partial charge in [0, 0.05) is 13.2 Å². The Hall–Kier alpha value is -2.87. The van der Waals surface area contributed by atoms with E-state index in [1.807, 2.05) is 42.1 Å². The molecular weight excluding hydrogens is 252 g/mol. The highest BCUT2D eigenvalue weighted by Gasteiger charge is 2.19. The summed E-state index contributed by atoms with van der Waals surface area (Å²) < 4.78 is 1.87. The number of aryl methyl sites for hydroxylation is 1. The third kappa shape index (κ3) is 3.12. The van der Waals surface area contributed by atoms with Crippen molar-refractivity contribution in [3.05, 3.63) is 59.9 Å². The van der Waals surface area contributed by atoms with Crippen molar-refractivity contribution in [2.45, 2.75) is 5.92 Å². The van der Waals surface area contributed by atoms with E-state index in [9.17, 15) is 4.79 Å². The molecule has 1 heterocycles. The average molecular weight is 266 g/mol. The first-order valence-corrected chi connectivity index (χ1v) is 6.11. The van der Waals surface area contributed by atoms with Gasteiger partial charge >= 0.3 is 0 Å². The quantitative estimate of drug-likeness (QED) is 0.677. The maximum atomic E-state index is 11.9. The molecule has 1 N–H and O–H groups in total. The average Bonchev–Trinajstić information content (AvgIpc) is 2.86. The van der Waals surface area contributed by atoms with Gasteiger partial charge in [0.05, 0.1) is 18.0 Å². The van der Waals surface area contributed by atoms with Crippen LogP contribution in [0.15, 0.2) is 53.8 Å². The Kier molecular flexibility index (Phi) is 4.30. The molecule has 5 heteroatoms. The zero-order valence-corrected chi connectivity index (χ0v) is 11.0. The Morgan fingerprint density at radius 2 is 2.10 bits per heavy atom. The molecule has 1 aromatic carbocycles. The molecule has 0 aliphatic heterocycles. The number of carbonyl (C=O) groups excluding carboxylic acids is 1. The van der Waals surface area contributed by atoms with Crippen molar-refractivity contribution in [3.8, 4) is 6.07 Å². The lowest BCUT2D eigenvalue weighted by Gasteiger charge is -2.07. The smallest absolute Gasteiger partial charge is 0.261 e. The van der Waals surface area contributed by atoms with Crippen LogP contribution in [0.3, 0.4) is 0 Å². The molecule has 0 saturated carbocycles. The van der Waals surface area contributed by atoms with Gasteiger partial charge in [-0.15, -0.1) is 0 Å². The number of hydrogen-bond acceptors (Lipinski definition) is 3. The van der Waals surface area contributed by atoms with Gasteiger partial charge in [-0.1, -0.05) is 30.3 Å². The first-order valence-electron chi connectivity index (χ1n) is 6.11. The summed E-state index contributed by atoms with van der Waals surface area (Å²) in [5.74, 6) is -1.30. The van der Waals surface area contributed by atoms with E-state index in [0.29, 0.717) is 5.56 Å². The lowest BCUT2D eigenvalue weighted by molar-refractivity contribution is -0.121. The number of carbonyl (C=O) groups is 1. The number of aromatic nitrogens is 1. The third-order valence-corrected chi connectivity index (χ3v) is 2.88. The lowest BCUT2D eigenvalue weighted by atomic mass is 10.0. The predicted octanol–water partition coefficient (Wildman–Crippen LogP) is 1.78. The van der Waals surface area contributed by atoms with Crippen molar-refractivity contribution in [3.63, 3.8) is 0 Å². The molecule has 0 aliphatic carbocycles. The molecule has 20 heavy (non-hydrogen) atoms. The monoisotopic (exact) mass is 266 g/mol. The van der Waals surface area contributed by atoms with Crippen LogP contribution in [0.25, 0.3) is 0 Å². The zero-order valence-electron chi connectivity index (χ0n) is 11.0. The van der Waals surface area contributed by atoms with Crippen molar-refractivity contribution in [2.75, 3.05) is 0 Å². The molecule has 0 spiro atoms. The highest BCUT2D eigenvalue weighted by Crippen LogP contribution is 2.14. The number of nitrogens with one attached hydrogen (secondary N) is 1. The van der Waals surface area contributed by atoms with Crippen LogP contribution in [0, 0.1) is 11.3 Å². The van der Waals surface area contributed by atoms with E-state index in [2.05, 4.69) is 10.5 Å². The van der Waals surface area contributed by atoms with Gasteiger partial charge in [-0.2, -0.15) is 10.4 Å². The summed E-state index contributed by atoms with van der Waals surface area (Å²) in [7, 11) is 1.88. The topological polar surface area (TPSA) is 70.2 Å². The van der Waals surface area contributed by atoms with Gasteiger partial charge in [-0.05, 0) is 17.7 Å². The van der Waals surface area contributed by atoms with E-state index >= 15 is 0 Å². The second kappa shape index (κ2) is 6.34. The predicted molar refractivity (Wildman–Crippen MR) is 75.9 cm³/mol. The van der Waals surface area contributed by atoms with Crippen LogP contribution < -0.4 is 5.43 Å². The van der Waals surface area contributed by atoms with Gasteiger partial charge in [0.2, 0.25) is 0 Å². The first-order chi connectivity index (χ1) is 9.72. The minimum Gasteiger partial charge on any atom is -0.350 e. The molecule has 5 nitrogen and oxygen atoms in total. The number of nitriles is 1. The molecule has 1 amide bonds. The Morgan fingerprint density at radius 3 is 2.70 bits per heavy atom. The highest BCUT2D eigenvalue weighted by atomic mass is 16.2. The van der Waals surface area contributed by atoms with Gasteiger partial charge in [0.15, 0.2) is 5.92 Å². The normalized spacial score (nSPS) is 12.0. The van der Waals surface area contributed by atoms with Crippen LogP contribution in [-0.4, -0.2) is 16.7 Å². The molecule has 2 rings (SSSR count). The molecule has 0 unspecified atom stereocenters. The summed E-state index contributed by atoms with van der Waals surface area (Å²) in [6, 6.07) is 14.6. The van der Waals surface area contributed by atoms with Crippen LogP contribution in [0.5, 0.6) is 0 Å². The number of nitrogens with zero attached hydrogens (tertiary/aromatic N) is 3. The molecule has 100 valence electrons. The van der Waals surface area contributed by atoms with Crippen molar-refractivity contribution < 1.29 is 4.79 Å². The van der Waals surface area contributed by atoms with Crippen molar-refractivity contribution in [2.24, 2.45) is 12.1 Å². The second-order valence-electron chi connectivity index (χ2n) is 4.25. The van der Waals surface area contributed by atoms with Crippen LogP contribution in [-0.2, 0) is 11.8 Å². The summed E-state index contributed by atoms with van der Waals surface area (Å²) in [6.45, 7) is 0. The molecule has 1 aromatic heterocycles. The molecule has 0 bridgehead atoms. The van der Waals surface area contributed by atoms with Crippen LogP contribution >= 0.6 is 0 Å². The first kappa shape index (κ1) is 13.6. The number of hydrogen-bond donors (Lipinski definition) is 1. The zero-order chi connectivity index (χ0) is 14.4. The van der Waals surface area contributed by atoms with Crippen LogP contribution in [0.4, 0.5) is 0 Å². The maximum absolute atomic E-state index is 11.9. The largest absolute Gasteiger partial charge is 0.350 e. The number of hydrazone groups is 1. The molecule has 2 aromatic rings. The minimum atomic E-state index is -0.859. The van der Waals surface area contributed by atoms with Gasteiger partial charge in [-0.3, -0.25) is 4.79 Å². The van der Waals surface area contributed by atoms with Crippen molar-refractivity contribution >= 4 is 12.1 Å². The van der Waals surface area contributed by atoms with E-state index in [0.717, 1.165) is 5.69 Å². The standard InChI is InChI=1S/C15H14N4O/c1-19-9-5-8-13(19)11-17-18-15(20)14(10-16)12-6-3-2-4-7-12/h2-9,11,14H,1H3,(H,18,20)/b17-11-/t14-/m0/s1. The Bertz CT molecular complexity index is 652. The molecule has 0 aliphatic rings. The van der Waals surface area contributed by atoms with Gasteiger partial charge in [-0.25, -0.2) is 5.43 Å². The molecule has 0 saturated heterocycles. The number of amides is 1. The molecular formula is C15H14N4O. The number of rotatable bonds is 4. The summed E-state index contributed by atoms with van der Waals surface area (Å²) >= 11 is 0. The molecule has 0 fully saturated rings.